The van der Waals surface area contributed by atoms with E-state index in [0.29, 0.717) is 0 Å². The number of carbonyl (C=O) groups excluding carboxylic acids is 1. The monoisotopic (exact) mass is 317 g/mol. The van der Waals surface area contributed by atoms with Crippen LogP contribution in [-0.4, -0.2) is 40.2 Å². The lowest BCUT2D eigenvalue weighted by atomic mass is 10.0. The van der Waals surface area contributed by atoms with Gasteiger partial charge in [-0.25, -0.2) is 17.5 Å². The van der Waals surface area contributed by atoms with Gasteiger partial charge in [0.25, 0.3) is 0 Å². The zero-order valence-corrected chi connectivity index (χ0v) is 12.5. The van der Waals surface area contributed by atoms with E-state index in [1.165, 1.54) is 19.2 Å². The third-order valence-electron chi connectivity index (χ3n) is 3.12. The molecule has 0 bridgehead atoms. The topological polar surface area (TPSA) is 81.7 Å². The Morgan fingerprint density at radius 1 is 1.48 bits per heavy atom. The molecule has 1 aromatic carbocycles. The molecule has 0 spiro atoms. The number of methoxy groups -OCH3 is 1. The molecule has 8 heteroatoms. The summed E-state index contributed by atoms with van der Waals surface area (Å²) in [6, 6.07) is 3.41. The minimum Gasteiger partial charge on any atom is -0.469 e. The number of hydrogen-bond acceptors (Lipinski definition) is 5. The molecule has 1 N–H and O–H groups in total. The number of esters is 1. The smallest absolute Gasteiger partial charge is 0.310 e. The number of rotatable bonds is 5. The third-order valence-corrected chi connectivity index (χ3v) is 4.76. The second-order valence-electron chi connectivity index (χ2n) is 5.17. The van der Waals surface area contributed by atoms with Gasteiger partial charge >= 0.3 is 5.97 Å². The van der Waals surface area contributed by atoms with Gasteiger partial charge in [0.05, 0.1) is 37.2 Å². The summed E-state index contributed by atoms with van der Waals surface area (Å²) in [6.45, 7) is 2.25. The van der Waals surface area contributed by atoms with Crippen molar-refractivity contribution in [3.8, 4) is 0 Å². The number of ether oxygens (including phenoxy) is 2. The molecule has 1 fully saturated rings. The molecule has 0 aliphatic carbocycles. The van der Waals surface area contributed by atoms with Gasteiger partial charge in [0.1, 0.15) is 5.82 Å². The van der Waals surface area contributed by atoms with Crippen molar-refractivity contribution in [1.29, 1.82) is 0 Å². The molecule has 21 heavy (non-hydrogen) atoms. The highest BCUT2D eigenvalue weighted by atomic mass is 32.2. The highest BCUT2D eigenvalue weighted by Gasteiger charge is 2.37. The van der Waals surface area contributed by atoms with E-state index in [-0.39, 0.29) is 30.1 Å². The normalized spacial score (nSPS) is 17.1. The molecule has 2 rings (SSSR count). The number of benzene rings is 1. The van der Waals surface area contributed by atoms with E-state index in [9.17, 15) is 17.6 Å². The molecule has 0 atom stereocenters. The Labute approximate surface area is 122 Å². The van der Waals surface area contributed by atoms with Crippen LogP contribution in [0.15, 0.2) is 23.1 Å². The van der Waals surface area contributed by atoms with Crippen LogP contribution in [0, 0.1) is 5.82 Å². The second-order valence-corrected chi connectivity index (χ2v) is 6.85. The maximum Gasteiger partial charge on any atom is 0.310 e. The van der Waals surface area contributed by atoms with Crippen molar-refractivity contribution in [2.45, 2.75) is 23.8 Å². The summed E-state index contributed by atoms with van der Waals surface area (Å²) in [5, 5.41) is 0. The molecule has 1 heterocycles. The lowest BCUT2D eigenvalue weighted by molar-refractivity contribution is -0.139. The van der Waals surface area contributed by atoms with Crippen LogP contribution in [0.1, 0.15) is 12.5 Å². The van der Waals surface area contributed by atoms with Crippen molar-refractivity contribution >= 4 is 16.0 Å². The van der Waals surface area contributed by atoms with Crippen LogP contribution in [-0.2, 0) is 30.7 Å². The first kappa shape index (κ1) is 15.9. The summed E-state index contributed by atoms with van der Waals surface area (Å²) in [5.41, 5.74) is -0.584. The Bertz CT molecular complexity index is 655. The predicted molar refractivity (Wildman–Crippen MR) is 71.7 cm³/mol. The highest BCUT2D eigenvalue weighted by Crippen LogP contribution is 2.21. The molecular formula is C13H16FNO5S. The van der Waals surface area contributed by atoms with E-state index in [4.69, 9.17) is 4.74 Å². The number of halogens is 1. The fraction of sp³-hybridized carbons (Fsp3) is 0.462. The fourth-order valence-corrected chi connectivity index (χ4v) is 3.31. The number of carbonyl (C=O) groups is 1. The van der Waals surface area contributed by atoms with Crippen LogP contribution in [0.25, 0.3) is 0 Å². The lowest BCUT2D eigenvalue weighted by Crippen LogP contribution is -2.59. The molecule has 1 aliphatic heterocycles. The minimum atomic E-state index is -3.84. The summed E-state index contributed by atoms with van der Waals surface area (Å²) in [4.78, 5) is 10.9. The van der Waals surface area contributed by atoms with Crippen molar-refractivity contribution < 1.29 is 27.1 Å². The van der Waals surface area contributed by atoms with E-state index in [0.717, 1.165) is 6.07 Å². The van der Waals surface area contributed by atoms with Gasteiger partial charge in [-0.3, -0.25) is 4.79 Å². The van der Waals surface area contributed by atoms with Crippen LogP contribution in [0.3, 0.4) is 0 Å². The van der Waals surface area contributed by atoms with Gasteiger partial charge in [-0.05, 0) is 24.6 Å². The third kappa shape index (κ3) is 3.58. The Hall–Kier alpha value is -1.51. The molecule has 1 aromatic rings. The average molecular weight is 317 g/mol. The number of hydrogen-bond donors (Lipinski definition) is 1. The highest BCUT2D eigenvalue weighted by molar-refractivity contribution is 7.89. The first-order valence-electron chi connectivity index (χ1n) is 6.23. The maximum absolute atomic E-state index is 13.9. The average Bonchev–Trinajstić information content (AvgIpc) is 2.38. The molecule has 116 valence electrons. The van der Waals surface area contributed by atoms with Gasteiger partial charge < -0.3 is 9.47 Å². The van der Waals surface area contributed by atoms with Crippen LogP contribution >= 0.6 is 0 Å². The lowest BCUT2D eigenvalue weighted by Gasteiger charge is -2.38. The summed E-state index contributed by atoms with van der Waals surface area (Å²) < 4.78 is 50.1. The van der Waals surface area contributed by atoms with Gasteiger partial charge in [0.2, 0.25) is 10.0 Å². The molecule has 0 saturated carbocycles. The molecule has 0 amide bonds. The van der Waals surface area contributed by atoms with E-state index < -0.39 is 27.3 Å². The second kappa shape index (κ2) is 5.70. The Kier molecular flexibility index (Phi) is 4.31. The maximum atomic E-state index is 13.9. The van der Waals surface area contributed by atoms with Gasteiger partial charge in [0.15, 0.2) is 0 Å². The van der Waals surface area contributed by atoms with Crippen molar-refractivity contribution in [1.82, 2.24) is 4.72 Å². The van der Waals surface area contributed by atoms with Crippen molar-refractivity contribution in [2.75, 3.05) is 20.3 Å². The largest absolute Gasteiger partial charge is 0.469 e. The van der Waals surface area contributed by atoms with Crippen LogP contribution in [0.5, 0.6) is 0 Å². The molecule has 0 radical (unpaired) electrons. The van der Waals surface area contributed by atoms with Crippen molar-refractivity contribution in [2.24, 2.45) is 0 Å². The Morgan fingerprint density at radius 3 is 2.62 bits per heavy atom. The van der Waals surface area contributed by atoms with Gasteiger partial charge in [-0.15, -0.1) is 0 Å². The van der Waals surface area contributed by atoms with Crippen LogP contribution < -0.4 is 4.72 Å². The summed E-state index contributed by atoms with van der Waals surface area (Å²) in [5.74, 6) is -1.36. The first-order valence-corrected chi connectivity index (χ1v) is 7.71. The summed E-state index contributed by atoms with van der Waals surface area (Å²) in [6.07, 6.45) is -0.248. The summed E-state index contributed by atoms with van der Waals surface area (Å²) in [7, 11) is -2.64. The van der Waals surface area contributed by atoms with Crippen LogP contribution in [0.2, 0.25) is 0 Å². The first-order chi connectivity index (χ1) is 9.76. The van der Waals surface area contributed by atoms with Gasteiger partial charge in [0, 0.05) is 0 Å². The molecular weight excluding hydrogens is 301 g/mol. The molecule has 0 aromatic heterocycles. The van der Waals surface area contributed by atoms with E-state index >= 15 is 0 Å². The standard InChI is InChI=1S/C13H16FNO5S/c1-13(7-20-8-13)15-21(17,18)10-4-3-9(11(14)6-10)5-12(16)19-2/h3-4,6,15H,5,7-8H2,1-2H3. The Balaban J connectivity index is 2.20. The van der Waals surface area contributed by atoms with Crippen molar-refractivity contribution in [3.05, 3.63) is 29.6 Å². The number of nitrogens with one attached hydrogen (secondary N) is 1. The Morgan fingerprint density at radius 2 is 2.14 bits per heavy atom. The molecule has 0 unspecified atom stereocenters. The fourth-order valence-electron chi connectivity index (χ4n) is 1.92. The molecule has 1 saturated heterocycles. The van der Waals surface area contributed by atoms with Gasteiger partial charge in [-0.1, -0.05) is 6.07 Å². The predicted octanol–water partition coefficient (Wildman–Crippen LogP) is 0.608. The molecule has 1 aliphatic rings. The number of sulfonamides is 1. The zero-order valence-electron chi connectivity index (χ0n) is 11.7. The van der Waals surface area contributed by atoms with Crippen LogP contribution in [0.4, 0.5) is 4.39 Å². The minimum absolute atomic E-state index is 0.0824. The van der Waals surface area contributed by atoms with E-state index in [1.54, 1.807) is 6.92 Å². The zero-order chi connectivity index (χ0) is 15.7. The van der Waals surface area contributed by atoms with E-state index in [1.807, 2.05) is 0 Å². The summed E-state index contributed by atoms with van der Waals surface area (Å²) >= 11 is 0. The quantitative estimate of drug-likeness (QED) is 0.805. The molecule has 6 nitrogen and oxygen atoms in total. The SMILES string of the molecule is COC(=O)Cc1ccc(S(=O)(=O)NC2(C)COC2)cc1F. The van der Waals surface area contributed by atoms with Gasteiger partial charge in [-0.2, -0.15) is 0 Å². The van der Waals surface area contributed by atoms with Crippen molar-refractivity contribution in [3.63, 3.8) is 0 Å². The van der Waals surface area contributed by atoms with E-state index in [2.05, 4.69) is 9.46 Å².